The number of hydrogen-bond donors (Lipinski definition) is 1. The minimum atomic E-state index is -0.763. The molecule has 5 atom stereocenters. The van der Waals surface area contributed by atoms with Crippen LogP contribution in [0.2, 0.25) is 0 Å². The van der Waals surface area contributed by atoms with Crippen molar-refractivity contribution in [1.29, 1.82) is 0 Å². The summed E-state index contributed by atoms with van der Waals surface area (Å²) in [7, 11) is 0. The first-order chi connectivity index (χ1) is 10.8. The lowest BCUT2D eigenvalue weighted by Crippen LogP contribution is -2.39. The predicted octanol–water partition coefficient (Wildman–Crippen LogP) is 4.16. The van der Waals surface area contributed by atoms with Crippen LogP contribution in [0.25, 0.3) is 0 Å². The second-order valence-corrected chi connectivity index (χ2v) is 8.35. The Labute approximate surface area is 140 Å². The normalized spacial score (nSPS) is 45.3. The third-order valence-electron chi connectivity index (χ3n) is 6.03. The highest BCUT2D eigenvalue weighted by atomic mass is 16.6. The molecule has 0 aromatic heterocycles. The third-order valence-corrected chi connectivity index (χ3v) is 6.03. The van der Waals surface area contributed by atoms with Crippen molar-refractivity contribution in [2.45, 2.75) is 89.6 Å². The Morgan fingerprint density at radius 3 is 2.52 bits per heavy atom. The summed E-state index contributed by atoms with van der Waals surface area (Å²) in [6, 6.07) is 0. The standard InChI is InChI=1S/C20H32O3/c1-14-7-5-8-15(2)11-17-16(20(4)13-22-20)12-18(23-17)19(3,21)10-6-9-14/h8-9,16-18,21H,5-7,10-13H2,1-4H3. The zero-order valence-corrected chi connectivity index (χ0v) is 15.1. The smallest absolute Gasteiger partial charge is 0.0942 e. The van der Waals surface area contributed by atoms with E-state index in [4.69, 9.17) is 9.47 Å². The molecule has 0 spiro atoms. The number of aliphatic hydroxyl groups is 1. The summed E-state index contributed by atoms with van der Waals surface area (Å²) in [5, 5.41) is 11.0. The van der Waals surface area contributed by atoms with Crippen LogP contribution in [0.4, 0.5) is 0 Å². The number of allylic oxidation sites excluding steroid dienone is 3. The van der Waals surface area contributed by atoms with Crippen LogP contribution in [-0.4, -0.2) is 35.1 Å². The van der Waals surface area contributed by atoms with Crippen LogP contribution in [0.15, 0.2) is 23.3 Å². The molecule has 2 bridgehead atoms. The first-order valence-electron chi connectivity index (χ1n) is 9.13. The van der Waals surface area contributed by atoms with Gasteiger partial charge in [-0.3, -0.25) is 0 Å². The number of rotatable bonds is 1. The summed E-state index contributed by atoms with van der Waals surface area (Å²) < 4.78 is 12.1. The van der Waals surface area contributed by atoms with Gasteiger partial charge in [0.15, 0.2) is 0 Å². The third kappa shape index (κ3) is 3.89. The van der Waals surface area contributed by atoms with Crippen molar-refractivity contribution in [3.8, 4) is 0 Å². The van der Waals surface area contributed by atoms with E-state index in [1.807, 2.05) is 6.92 Å². The monoisotopic (exact) mass is 320 g/mol. The fourth-order valence-corrected chi connectivity index (χ4v) is 4.13. The molecule has 0 aliphatic carbocycles. The maximum atomic E-state index is 11.0. The van der Waals surface area contributed by atoms with Gasteiger partial charge in [0.2, 0.25) is 0 Å². The molecule has 0 aromatic carbocycles. The van der Waals surface area contributed by atoms with Gasteiger partial charge in [0.1, 0.15) is 0 Å². The molecular formula is C20H32O3. The molecule has 0 saturated carbocycles. The molecule has 1 N–H and O–H groups in total. The Morgan fingerprint density at radius 2 is 1.83 bits per heavy atom. The molecule has 0 radical (unpaired) electrons. The van der Waals surface area contributed by atoms with Crippen LogP contribution in [0.1, 0.15) is 66.2 Å². The Kier molecular flexibility index (Phi) is 4.74. The van der Waals surface area contributed by atoms with Gasteiger partial charge in [-0.1, -0.05) is 23.3 Å². The van der Waals surface area contributed by atoms with Crippen LogP contribution >= 0.6 is 0 Å². The largest absolute Gasteiger partial charge is 0.387 e. The maximum Gasteiger partial charge on any atom is 0.0942 e. The molecule has 23 heavy (non-hydrogen) atoms. The number of hydrogen-bond acceptors (Lipinski definition) is 3. The van der Waals surface area contributed by atoms with Gasteiger partial charge in [-0.25, -0.2) is 0 Å². The average Bonchev–Trinajstić information content (AvgIpc) is 3.05. The van der Waals surface area contributed by atoms with E-state index < -0.39 is 5.60 Å². The van der Waals surface area contributed by atoms with E-state index in [-0.39, 0.29) is 17.8 Å². The lowest BCUT2D eigenvalue weighted by Gasteiger charge is -2.29. The summed E-state index contributed by atoms with van der Waals surface area (Å²) in [6.07, 6.45) is 10.5. The first-order valence-corrected chi connectivity index (χ1v) is 9.13. The van der Waals surface area contributed by atoms with E-state index in [9.17, 15) is 5.11 Å². The lowest BCUT2D eigenvalue weighted by molar-refractivity contribution is -0.0981. The second-order valence-electron chi connectivity index (χ2n) is 8.35. The fraction of sp³-hybridized carbons (Fsp3) is 0.800. The minimum Gasteiger partial charge on any atom is -0.387 e. The van der Waals surface area contributed by atoms with Crippen LogP contribution in [0.5, 0.6) is 0 Å². The Morgan fingerprint density at radius 1 is 1.13 bits per heavy atom. The van der Waals surface area contributed by atoms with Gasteiger partial charge < -0.3 is 14.6 Å². The van der Waals surface area contributed by atoms with Crippen molar-refractivity contribution in [3.63, 3.8) is 0 Å². The first kappa shape index (κ1) is 17.2. The van der Waals surface area contributed by atoms with Crippen molar-refractivity contribution in [2.75, 3.05) is 6.61 Å². The molecule has 0 amide bonds. The van der Waals surface area contributed by atoms with Gasteiger partial charge in [0.05, 0.1) is 30.0 Å². The Hall–Kier alpha value is -0.640. The van der Waals surface area contributed by atoms with Gasteiger partial charge in [-0.05, 0) is 66.2 Å². The maximum absolute atomic E-state index is 11.0. The fourth-order valence-electron chi connectivity index (χ4n) is 4.13. The lowest BCUT2D eigenvalue weighted by atomic mass is 9.81. The topological polar surface area (TPSA) is 42.0 Å². The van der Waals surface area contributed by atoms with Crippen LogP contribution in [0.3, 0.4) is 0 Å². The van der Waals surface area contributed by atoms with E-state index in [0.717, 1.165) is 45.1 Å². The summed E-state index contributed by atoms with van der Waals surface area (Å²) >= 11 is 0. The molecule has 130 valence electrons. The molecule has 3 rings (SSSR count). The Balaban J connectivity index is 1.82. The molecule has 3 aliphatic rings. The average molecular weight is 320 g/mol. The van der Waals surface area contributed by atoms with Crippen molar-refractivity contribution in [3.05, 3.63) is 23.3 Å². The van der Waals surface area contributed by atoms with Gasteiger partial charge in [0, 0.05) is 5.92 Å². The van der Waals surface area contributed by atoms with Crippen molar-refractivity contribution in [2.24, 2.45) is 5.92 Å². The molecule has 2 fully saturated rings. The molecule has 5 unspecified atom stereocenters. The molecule has 0 aromatic rings. The predicted molar refractivity (Wildman–Crippen MR) is 92.3 cm³/mol. The van der Waals surface area contributed by atoms with Crippen molar-refractivity contribution < 1.29 is 14.6 Å². The SMILES string of the molecule is CC1=CCCC(C)(O)C2CC(C3(C)CO3)C(CC(C)=CCC1)O2. The van der Waals surface area contributed by atoms with Gasteiger partial charge in [-0.2, -0.15) is 0 Å². The quantitative estimate of drug-likeness (QED) is 0.583. The Bertz CT molecular complexity index is 499. The summed E-state index contributed by atoms with van der Waals surface area (Å²) in [5.41, 5.74) is 2.02. The summed E-state index contributed by atoms with van der Waals surface area (Å²) in [4.78, 5) is 0. The molecule has 3 aliphatic heterocycles. The van der Waals surface area contributed by atoms with Crippen LogP contribution in [0, 0.1) is 5.92 Å². The van der Waals surface area contributed by atoms with E-state index in [2.05, 4.69) is 32.9 Å². The highest BCUT2D eigenvalue weighted by molar-refractivity contribution is 5.11. The minimum absolute atomic E-state index is 0.0384. The number of fused-ring (bicyclic) bond motifs is 2. The van der Waals surface area contributed by atoms with E-state index in [1.54, 1.807) is 0 Å². The van der Waals surface area contributed by atoms with E-state index in [1.165, 1.54) is 11.1 Å². The van der Waals surface area contributed by atoms with Gasteiger partial charge in [0.25, 0.3) is 0 Å². The van der Waals surface area contributed by atoms with Crippen LogP contribution in [-0.2, 0) is 9.47 Å². The second kappa shape index (κ2) is 6.34. The van der Waals surface area contributed by atoms with Gasteiger partial charge >= 0.3 is 0 Å². The van der Waals surface area contributed by atoms with Crippen LogP contribution < -0.4 is 0 Å². The van der Waals surface area contributed by atoms with E-state index in [0.29, 0.717) is 5.92 Å². The number of epoxide rings is 1. The highest BCUT2D eigenvalue weighted by Crippen LogP contribution is 2.48. The molecule has 3 heterocycles. The van der Waals surface area contributed by atoms with Gasteiger partial charge in [-0.15, -0.1) is 0 Å². The number of ether oxygens (including phenoxy) is 2. The molecule has 2 saturated heterocycles. The highest BCUT2D eigenvalue weighted by Gasteiger charge is 2.56. The molecular weight excluding hydrogens is 288 g/mol. The summed E-state index contributed by atoms with van der Waals surface area (Å²) in [6.45, 7) is 9.37. The molecule has 3 nitrogen and oxygen atoms in total. The van der Waals surface area contributed by atoms with Crippen molar-refractivity contribution >= 4 is 0 Å². The zero-order chi connectivity index (χ0) is 16.7. The van der Waals surface area contributed by atoms with E-state index >= 15 is 0 Å². The zero-order valence-electron chi connectivity index (χ0n) is 15.1. The molecule has 3 heteroatoms. The van der Waals surface area contributed by atoms with Crippen molar-refractivity contribution in [1.82, 2.24) is 0 Å². The summed E-state index contributed by atoms with van der Waals surface area (Å²) in [5.74, 6) is 0.391.